The van der Waals surface area contributed by atoms with Gasteiger partial charge in [0.25, 0.3) is 0 Å². The van der Waals surface area contributed by atoms with Gasteiger partial charge < -0.3 is 14.9 Å². The summed E-state index contributed by atoms with van der Waals surface area (Å²) in [6.45, 7) is 4.39. The van der Waals surface area contributed by atoms with Crippen LogP contribution in [0.5, 0.6) is 11.5 Å². The average Bonchev–Trinajstić information content (AvgIpc) is 2.60. The van der Waals surface area contributed by atoms with Crippen LogP contribution in [-0.2, 0) is 4.79 Å². The van der Waals surface area contributed by atoms with E-state index in [1.165, 1.54) is 38.5 Å². The Kier molecular flexibility index (Phi) is 11.3. The van der Waals surface area contributed by atoms with Crippen LogP contribution in [0.4, 0.5) is 0 Å². The quantitative estimate of drug-likeness (QED) is 0.376. The molecule has 0 heterocycles. The lowest BCUT2D eigenvalue weighted by Crippen LogP contribution is -2.11. The molecule has 1 unspecified atom stereocenters. The number of hydrogen-bond donors (Lipinski definition) is 2. The topological polar surface area (TPSA) is 66.8 Å². The third-order valence-electron chi connectivity index (χ3n) is 4.56. The van der Waals surface area contributed by atoms with Crippen molar-refractivity contribution in [2.75, 3.05) is 7.11 Å². The molecule has 1 rings (SSSR count). The van der Waals surface area contributed by atoms with Crippen LogP contribution in [0.2, 0.25) is 0 Å². The largest absolute Gasteiger partial charge is 0.507 e. The first-order chi connectivity index (χ1) is 12.5. The third kappa shape index (κ3) is 8.35. The Hall–Kier alpha value is -1.36. The highest BCUT2D eigenvalue weighted by Crippen LogP contribution is 2.43. The van der Waals surface area contributed by atoms with Gasteiger partial charge in [0.1, 0.15) is 11.5 Å². The van der Waals surface area contributed by atoms with Crippen LogP contribution in [0.15, 0.2) is 18.2 Å². The number of phenols is 1. The molecular formula is C21H34O4S. The summed E-state index contributed by atoms with van der Waals surface area (Å²) in [5, 5.41) is 19.9. The Bertz CT molecular complexity index is 523. The number of methoxy groups -OCH3 is 1. The van der Waals surface area contributed by atoms with E-state index >= 15 is 0 Å². The van der Waals surface area contributed by atoms with E-state index in [4.69, 9.17) is 4.74 Å². The summed E-state index contributed by atoms with van der Waals surface area (Å²) in [7, 11) is 1.55. The van der Waals surface area contributed by atoms with Crippen LogP contribution in [-0.4, -0.2) is 28.5 Å². The number of carboxylic acids is 1. The second-order valence-corrected chi connectivity index (χ2v) is 8.27. The van der Waals surface area contributed by atoms with E-state index in [-0.39, 0.29) is 17.4 Å². The van der Waals surface area contributed by atoms with E-state index in [0.29, 0.717) is 16.6 Å². The third-order valence-corrected chi connectivity index (χ3v) is 6.17. The molecule has 0 amide bonds. The average molecular weight is 383 g/mol. The van der Waals surface area contributed by atoms with Crippen molar-refractivity contribution >= 4 is 17.7 Å². The molecule has 0 bridgehead atoms. The molecule has 2 N–H and O–H groups in total. The van der Waals surface area contributed by atoms with Crippen molar-refractivity contribution in [3.8, 4) is 11.5 Å². The minimum absolute atomic E-state index is 0.0165. The molecule has 0 saturated carbocycles. The number of ether oxygens (including phenoxy) is 1. The maximum atomic E-state index is 11.4. The summed E-state index contributed by atoms with van der Waals surface area (Å²) in [5.74, 6) is -0.143. The van der Waals surface area contributed by atoms with Gasteiger partial charge in [-0.05, 0) is 18.9 Å². The predicted octanol–water partition coefficient (Wildman–Crippen LogP) is 6.18. The first-order valence-corrected chi connectivity index (χ1v) is 10.7. The molecule has 5 heteroatoms. The van der Waals surface area contributed by atoms with Gasteiger partial charge in [0, 0.05) is 22.1 Å². The number of carboxylic acid groups (broad SMARTS) is 1. The molecule has 0 fully saturated rings. The van der Waals surface area contributed by atoms with Gasteiger partial charge in [0.15, 0.2) is 0 Å². The highest BCUT2D eigenvalue weighted by Gasteiger charge is 2.24. The van der Waals surface area contributed by atoms with Crippen LogP contribution < -0.4 is 4.74 Å². The number of benzene rings is 1. The molecule has 26 heavy (non-hydrogen) atoms. The highest BCUT2D eigenvalue weighted by atomic mass is 32.2. The van der Waals surface area contributed by atoms with E-state index in [1.807, 2.05) is 0 Å². The van der Waals surface area contributed by atoms with Crippen molar-refractivity contribution in [2.24, 2.45) is 0 Å². The monoisotopic (exact) mass is 382 g/mol. The first kappa shape index (κ1) is 22.7. The Morgan fingerprint density at radius 3 is 2.19 bits per heavy atom. The maximum absolute atomic E-state index is 11.4. The number of hydrogen-bond acceptors (Lipinski definition) is 4. The summed E-state index contributed by atoms with van der Waals surface area (Å²) in [5.41, 5.74) is 0.689. The number of carbonyl (C=O) groups is 1. The fraction of sp³-hybridized carbons (Fsp3) is 0.667. The van der Waals surface area contributed by atoms with Crippen LogP contribution >= 0.6 is 11.8 Å². The second kappa shape index (κ2) is 12.9. The molecule has 0 aromatic heterocycles. The number of rotatable bonds is 14. The zero-order valence-electron chi connectivity index (χ0n) is 16.4. The standard InChI is InChI=1S/C21H34O4S/c1-4-6-8-10-17(11-9-7-5-2)26-20(15-21(23)24)18-13-12-16(25-3)14-19(18)22/h12-14,17,20,22H,4-11,15H2,1-3H3,(H,23,24). The first-order valence-electron chi connectivity index (χ1n) is 9.75. The number of aromatic hydroxyl groups is 1. The lowest BCUT2D eigenvalue weighted by molar-refractivity contribution is -0.137. The van der Waals surface area contributed by atoms with Crippen LogP contribution in [0, 0.1) is 0 Å². The maximum Gasteiger partial charge on any atom is 0.304 e. The predicted molar refractivity (Wildman–Crippen MR) is 109 cm³/mol. The molecule has 0 spiro atoms. The van der Waals surface area contributed by atoms with E-state index in [2.05, 4.69) is 13.8 Å². The zero-order chi connectivity index (χ0) is 19.4. The van der Waals surface area contributed by atoms with Crippen molar-refractivity contribution < 1.29 is 19.7 Å². The van der Waals surface area contributed by atoms with E-state index in [1.54, 1.807) is 37.1 Å². The van der Waals surface area contributed by atoms with Gasteiger partial charge in [-0.1, -0.05) is 58.4 Å². The smallest absolute Gasteiger partial charge is 0.304 e. The Morgan fingerprint density at radius 1 is 1.12 bits per heavy atom. The molecule has 4 nitrogen and oxygen atoms in total. The zero-order valence-corrected chi connectivity index (χ0v) is 17.2. The molecule has 0 radical (unpaired) electrons. The minimum atomic E-state index is -0.835. The van der Waals surface area contributed by atoms with Crippen molar-refractivity contribution in [3.05, 3.63) is 23.8 Å². The molecule has 148 valence electrons. The van der Waals surface area contributed by atoms with Gasteiger partial charge in [-0.2, -0.15) is 0 Å². The number of aliphatic carboxylic acids is 1. The molecule has 0 aliphatic rings. The Labute approximate surface area is 162 Å². The lowest BCUT2D eigenvalue weighted by Gasteiger charge is -2.24. The fourth-order valence-corrected chi connectivity index (χ4v) is 4.72. The minimum Gasteiger partial charge on any atom is -0.507 e. The van der Waals surface area contributed by atoms with Crippen LogP contribution in [0.1, 0.15) is 82.4 Å². The van der Waals surface area contributed by atoms with Gasteiger partial charge in [0.2, 0.25) is 0 Å². The van der Waals surface area contributed by atoms with Gasteiger partial charge in [-0.3, -0.25) is 4.79 Å². The van der Waals surface area contributed by atoms with Gasteiger partial charge in [-0.25, -0.2) is 0 Å². The van der Waals surface area contributed by atoms with Gasteiger partial charge >= 0.3 is 5.97 Å². The van der Waals surface area contributed by atoms with E-state index < -0.39 is 5.97 Å². The molecule has 1 aromatic carbocycles. The van der Waals surface area contributed by atoms with Gasteiger partial charge in [-0.15, -0.1) is 11.8 Å². The van der Waals surface area contributed by atoms with Crippen LogP contribution in [0.3, 0.4) is 0 Å². The summed E-state index contributed by atoms with van der Waals surface area (Å²) in [6, 6.07) is 5.14. The van der Waals surface area contributed by atoms with Gasteiger partial charge in [0.05, 0.1) is 13.5 Å². The van der Waals surface area contributed by atoms with E-state index in [9.17, 15) is 15.0 Å². The Morgan fingerprint density at radius 2 is 1.73 bits per heavy atom. The van der Waals surface area contributed by atoms with E-state index in [0.717, 1.165) is 12.8 Å². The number of phenolic OH excluding ortho intramolecular Hbond substituents is 1. The molecular weight excluding hydrogens is 348 g/mol. The van der Waals surface area contributed by atoms with Crippen molar-refractivity contribution in [3.63, 3.8) is 0 Å². The van der Waals surface area contributed by atoms with Crippen molar-refractivity contribution in [1.29, 1.82) is 0 Å². The molecule has 0 saturated heterocycles. The summed E-state index contributed by atoms with van der Waals surface area (Å²) in [6.07, 6.45) is 9.37. The SMILES string of the molecule is CCCCCC(CCCCC)SC(CC(=O)O)c1ccc(OC)cc1O. The summed E-state index contributed by atoms with van der Waals surface area (Å²) in [4.78, 5) is 11.4. The summed E-state index contributed by atoms with van der Waals surface area (Å²) < 4.78 is 5.14. The van der Waals surface area contributed by atoms with Crippen molar-refractivity contribution in [2.45, 2.75) is 82.1 Å². The molecule has 1 atom stereocenters. The summed E-state index contributed by atoms with van der Waals surface area (Å²) >= 11 is 1.72. The fourth-order valence-electron chi connectivity index (χ4n) is 3.07. The molecule has 0 aliphatic heterocycles. The number of unbranched alkanes of at least 4 members (excludes halogenated alkanes) is 4. The molecule has 1 aromatic rings. The second-order valence-electron chi connectivity index (χ2n) is 6.76. The Balaban J connectivity index is 2.90. The molecule has 0 aliphatic carbocycles. The van der Waals surface area contributed by atoms with Crippen molar-refractivity contribution in [1.82, 2.24) is 0 Å². The highest BCUT2D eigenvalue weighted by molar-refractivity contribution is 8.00. The van der Waals surface area contributed by atoms with Crippen LogP contribution in [0.25, 0.3) is 0 Å². The number of thioether (sulfide) groups is 1. The normalized spacial score (nSPS) is 12.3. The lowest BCUT2D eigenvalue weighted by atomic mass is 10.1.